The Morgan fingerprint density at radius 2 is 1.24 bits per heavy atom. The molecule has 0 bridgehead atoms. The molecule has 0 aliphatic heterocycles. The molecule has 0 radical (unpaired) electrons. The summed E-state index contributed by atoms with van der Waals surface area (Å²) in [6.45, 7) is 0.432. The number of ether oxygens (including phenoxy) is 2. The number of carbonyl (C=O) groups excluding carboxylic acids is 2. The number of hydrazine groups is 1. The van der Waals surface area contributed by atoms with Crippen LogP contribution in [0.4, 0.5) is 0 Å². The molecule has 0 unspecified atom stereocenters. The first-order valence-electron chi connectivity index (χ1n) is 9.18. The molecule has 0 atom stereocenters. The Morgan fingerprint density at radius 3 is 1.86 bits per heavy atom. The molecule has 0 saturated heterocycles. The van der Waals surface area contributed by atoms with Crippen molar-refractivity contribution in [1.29, 1.82) is 0 Å². The van der Waals surface area contributed by atoms with E-state index in [-0.39, 0.29) is 0 Å². The molecular weight excluding hydrogens is 368 g/mol. The van der Waals surface area contributed by atoms with Crippen molar-refractivity contribution in [2.75, 3.05) is 13.7 Å². The molecule has 2 N–H and O–H groups in total. The first kappa shape index (κ1) is 19.9. The molecule has 0 aromatic heterocycles. The van der Waals surface area contributed by atoms with Crippen LogP contribution in [-0.4, -0.2) is 25.5 Å². The number of hydrogen-bond acceptors (Lipinski definition) is 4. The van der Waals surface area contributed by atoms with Crippen molar-refractivity contribution < 1.29 is 19.1 Å². The molecule has 2 amide bonds. The molecule has 0 aliphatic rings. The molecule has 0 fully saturated rings. The van der Waals surface area contributed by atoms with E-state index in [0.29, 0.717) is 29.2 Å². The molecule has 0 saturated carbocycles. The third kappa shape index (κ3) is 5.35. The van der Waals surface area contributed by atoms with Crippen LogP contribution < -0.4 is 20.3 Å². The van der Waals surface area contributed by atoms with Crippen LogP contribution in [0.2, 0.25) is 0 Å². The van der Waals surface area contributed by atoms with Crippen molar-refractivity contribution >= 4 is 11.8 Å². The van der Waals surface area contributed by atoms with Crippen LogP contribution in [0.25, 0.3) is 0 Å². The maximum Gasteiger partial charge on any atom is 0.273 e. The van der Waals surface area contributed by atoms with Crippen molar-refractivity contribution in [2.24, 2.45) is 0 Å². The van der Waals surface area contributed by atoms with E-state index in [1.807, 2.05) is 30.3 Å². The van der Waals surface area contributed by atoms with Gasteiger partial charge in [0.1, 0.15) is 11.5 Å². The minimum atomic E-state index is -0.474. The molecule has 6 nitrogen and oxygen atoms in total. The summed E-state index contributed by atoms with van der Waals surface area (Å²) in [6, 6.07) is 23.6. The normalized spacial score (nSPS) is 10.1. The lowest BCUT2D eigenvalue weighted by Crippen LogP contribution is -2.41. The first-order chi connectivity index (χ1) is 14.2. The smallest absolute Gasteiger partial charge is 0.273 e. The monoisotopic (exact) mass is 390 g/mol. The summed E-state index contributed by atoms with van der Waals surface area (Å²) in [4.78, 5) is 24.9. The predicted octanol–water partition coefficient (Wildman–Crippen LogP) is 3.39. The molecule has 0 aliphatic carbocycles. The van der Waals surface area contributed by atoms with Crippen LogP contribution in [0.3, 0.4) is 0 Å². The molecule has 148 valence electrons. The summed E-state index contributed by atoms with van der Waals surface area (Å²) in [5.41, 5.74) is 6.64. The second-order valence-corrected chi connectivity index (χ2v) is 6.19. The third-order valence-electron chi connectivity index (χ3n) is 4.26. The second kappa shape index (κ2) is 9.94. The number of hydrogen-bond donors (Lipinski definition) is 2. The van der Waals surface area contributed by atoms with Gasteiger partial charge >= 0.3 is 0 Å². The van der Waals surface area contributed by atoms with E-state index in [2.05, 4.69) is 10.9 Å². The van der Waals surface area contributed by atoms with E-state index in [1.165, 1.54) is 7.11 Å². The van der Waals surface area contributed by atoms with Crippen LogP contribution in [0.15, 0.2) is 78.9 Å². The number of carbonyl (C=O) groups is 2. The Balaban J connectivity index is 1.60. The van der Waals surface area contributed by atoms with Crippen molar-refractivity contribution in [2.45, 2.75) is 6.42 Å². The fourth-order valence-corrected chi connectivity index (χ4v) is 2.78. The molecular formula is C23H22N2O4. The maximum absolute atomic E-state index is 12.6. The van der Waals surface area contributed by atoms with Gasteiger partial charge in [0.15, 0.2) is 0 Å². The van der Waals surface area contributed by atoms with Crippen molar-refractivity contribution in [3.8, 4) is 11.5 Å². The topological polar surface area (TPSA) is 76.7 Å². The van der Waals surface area contributed by atoms with Gasteiger partial charge < -0.3 is 9.47 Å². The number of rotatable bonds is 7. The fraction of sp³-hybridized carbons (Fsp3) is 0.130. The van der Waals surface area contributed by atoms with Crippen LogP contribution >= 0.6 is 0 Å². The summed E-state index contributed by atoms with van der Waals surface area (Å²) in [7, 11) is 1.48. The van der Waals surface area contributed by atoms with Gasteiger partial charge in [0, 0.05) is 6.42 Å². The van der Waals surface area contributed by atoms with Gasteiger partial charge in [-0.2, -0.15) is 0 Å². The molecule has 3 rings (SSSR count). The van der Waals surface area contributed by atoms with E-state index < -0.39 is 11.8 Å². The number of para-hydroxylation sites is 2. The van der Waals surface area contributed by atoms with Gasteiger partial charge in [-0.3, -0.25) is 20.4 Å². The fourth-order valence-electron chi connectivity index (χ4n) is 2.78. The SMILES string of the molecule is COc1ccccc1C(=O)NNC(=O)c1ccccc1OCCc1ccccc1. The Labute approximate surface area is 169 Å². The Hall–Kier alpha value is -3.80. The van der Waals surface area contributed by atoms with Gasteiger partial charge in [0.25, 0.3) is 11.8 Å². The highest BCUT2D eigenvalue weighted by Crippen LogP contribution is 2.19. The second-order valence-electron chi connectivity index (χ2n) is 6.19. The molecule has 3 aromatic carbocycles. The summed E-state index contributed by atoms with van der Waals surface area (Å²) < 4.78 is 11.0. The lowest BCUT2D eigenvalue weighted by atomic mass is 10.1. The van der Waals surface area contributed by atoms with Crippen LogP contribution in [0, 0.1) is 0 Å². The summed E-state index contributed by atoms with van der Waals surface area (Å²) in [5, 5.41) is 0. The van der Waals surface area contributed by atoms with E-state index in [9.17, 15) is 9.59 Å². The van der Waals surface area contributed by atoms with Gasteiger partial charge in [-0.05, 0) is 29.8 Å². The average molecular weight is 390 g/mol. The minimum absolute atomic E-state index is 0.322. The Morgan fingerprint density at radius 1 is 0.724 bits per heavy atom. The number of nitrogens with one attached hydrogen (secondary N) is 2. The minimum Gasteiger partial charge on any atom is -0.496 e. The highest BCUT2D eigenvalue weighted by atomic mass is 16.5. The van der Waals surface area contributed by atoms with Crippen molar-refractivity contribution in [3.05, 3.63) is 95.6 Å². The number of benzene rings is 3. The summed E-state index contributed by atoms with van der Waals surface area (Å²) in [5.74, 6) is -0.0711. The highest BCUT2D eigenvalue weighted by molar-refractivity contribution is 6.01. The first-order valence-corrected chi connectivity index (χ1v) is 9.18. The molecule has 0 heterocycles. The molecule has 6 heteroatoms. The summed E-state index contributed by atoms with van der Waals surface area (Å²) in [6.07, 6.45) is 0.724. The molecule has 0 spiro atoms. The zero-order chi connectivity index (χ0) is 20.5. The van der Waals surface area contributed by atoms with Gasteiger partial charge in [-0.15, -0.1) is 0 Å². The summed E-state index contributed by atoms with van der Waals surface area (Å²) >= 11 is 0. The quantitative estimate of drug-likeness (QED) is 0.607. The Bertz CT molecular complexity index is 973. The zero-order valence-corrected chi connectivity index (χ0v) is 16.1. The largest absolute Gasteiger partial charge is 0.496 e. The van der Waals surface area contributed by atoms with Gasteiger partial charge in [-0.1, -0.05) is 54.6 Å². The van der Waals surface area contributed by atoms with Crippen LogP contribution in [0.1, 0.15) is 26.3 Å². The van der Waals surface area contributed by atoms with E-state index >= 15 is 0 Å². The van der Waals surface area contributed by atoms with E-state index in [1.54, 1.807) is 48.5 Å². The van der Waals surface area contributed by atoms with E-state index in [0.717, 1.165) is 12.0 Å². The van der Waals surface area contributed by atoms with Crippen molar-refractivity contribution in [3.63, 3.8) is 0 Å². The molecule has 3 aromatic rings. The highest BCUT2D eigenvalue weighted by Gasteiger charge is 2.15. The number of amides is 2. The lowest BCUT2D eigenvalue weighted by Gasteiger charge is -2.13. The van der Waals surface area contributed by atoms with Gasteiger partial charge in [0.2, 0.25) is 0 Å². The Kier molecular flexibility index (Phi) is 6.84. The lowest BCUT2D eigenvalue weighted by molar-refractivity contribution is 0.0842. The van der Waals surface area contributed by atoms with Gasteiger partial charge in [0.05, 0.1) is 24.8 Å². The molecule has 29 heavy (non-hydrogen) atoms. The van der Waals surface area contributed by atoms with Crippen LogP contribution in [-0.2, 0) is 6.42 Å². The van der Waals surface area contributed by atoms with Gasteiger partial charge in [-0.25, -0.2) is 0 Å². The standard InChI is InChI=1S/C23H22N2O4/c1-28-20-13-7-5-11-18(20)22(26)24-25-23(27)19-12-6-8-14-21(19)29-16-15-17-9-3-2-4-10-17/h2-14H,15-16H2,1H3,(H,24,26)(H,25,27). The maximum atomic E-state index is 12.6. The zero-order valence-electron chi connectivity index (χ0n) is 16.1. The average Bonchev–Trinajstić information content (AvgIpc) is 2.78. The third-order valence-corrected chi connectivity index (χ3v) is 4.26. The van der Waals surface area contributed by atoms with E-state index in [4.69, 9.17) is 9.47 Å². The predicted molar refractivity (Wildman–Crippen MR) is 110 cm³/mol. The van der Waals surface area contributed by atoms with Crippen LogP contribution in [0.5, 0.6) is 11.5 Å². The number of methoxy groups -OCH3 is 1. The van der Waals surface area contributed by atoms with Crippen molar-refractivity contribution in [1.82, 2.24) is 10.9 Å².